The first-order valence-electron chi connectivity index (χ1n) is 11.5. The normalized spacial score (nSPS) is 16.8. The lowest BCUT2D eigenvalue weighted by Gasteiger charge is -2.24. The predicted octanol–water partition coefficient (Wildman–Crippen LogP) is 1.67. The first-order valence-corrected chi connectivity index (χ1v) is 13.9. The summed E-state index contributed by atoms with van der Waals surface area (Å²) >= 11 is 1.18. The summed E-state index contributed by atoms with van der Waals surface area (Å²) in [7, 11) is -3.34. The summed E-state index contributed by atoms with van der Waals surface area (Å²) in [5.41, 5.74) is 1.23. The van der Waals surface area contributed by atoms with Gasteiger partial charge in [-0.1, -0.05) is 23.5 Å². The highest BCUT2D eigenvalue weighted by molar-refractivity contribution is 7.92. The number of carbonyl (C=O) groups is 1. The van der Waals surface area contributed by atoms with Gasteiger partial charge in [0.15, 0.2) is 20.7 Å². The molecule has 5 rings (SSSR count). The van der Waals surface area contributed by atoms with Gasteiger partial charge in [-0.05, 0) is 31.0 Å². The van der Waals surface area contributed by atoms with E-state index in [1.807, 2.05) is 0 Å². The van der Waals surface area contributed by atoms with Gasteiger partial charge in [0.25, 0.3) is 5.91 Å². The lowest BCUT2D eigenvalue weighted by atomic mass is 10.1. The number of anilines is 1. The van der Waals surface area contributed by atoms with Crippen LogP contribution in [0.1, 0.15) is 18.4 Å². The van der Waals surface area contributed by atoms with E-state index in [1.165, 1.54) is 23.5 Å². The van der Waals surface area contributed by atoms with Gasteiger partial charge in [0.2, 0.25) is 5.88 Å². The number of hydrogen-bond acceptors (Lipinski definition) is 11. The number of morpholine rings is 1. The molecule has 1 aromatic carbocycles. The quantitative estimate of drug-likeness (QED) is 0.394. The Morgan fingerprint density at radius 3 is 2.61 bits per heavy atom. The highest BCUT2D eigenvalue weighted by atomic mass is 32.2. The number of hydrazone groups is 1. The van der Waals surface area contributed by atoms with Crippen molar-refractivity contribution in [3.8, 4) is 5.88 Å². The van der Waals surface area contributed by atoms with E-state index >= 15 is 0 Å². The molecule has 1 saturated carbocycles. The van der Waals surface area contributed by atoms with Crippen molar-refractivity contribution in [2.45, 2.75) is 23.0 Å². The number of aliphatic hydroxyl groups is 1. The monoisotopic (exact) mass is 531 g/mol. The Kier molecular flexibility index (Phi) is 7.14. The van der Waals surface area contributed by atoms with Gasteiger partial charge in [-0.2, -0.15) is 5.10 Å². The van der Waals surface area contributed by atoms with Crippen LogP contribution in [0.4, 0.5) is 5.13 Å². The molecule has 2 fully saturated rings. The number of hydrogen-bond donors (Lipinski definition) is 2. The van der Waals surface area contributed by atoms with E-state index in [1.54, 1.807) is 29.3 Å². The number of benzene rings is 1. The second-order valence-electron chi connectivity index (χ2n) is 8.30. The number of ether oxygens (including phenoxy) is 2. The fourth-order valence-corrected chi connectivity index (χ4v) is 6.12. The third-order valence-electron chi connectivity index (χ3n) is 5.66. The lowest BCUT2D eigenvalue weighted by Crippen LogP contribution is -2.35. The molecule has 36 heavy (non-hydrogen) atoms. The molecule has 1 saturated heterocycles. The zero-order valence-corrected chi connectivity index (χ0v) is 20.9. The Balaban J connectivity index is 1.40. The van der Waals surface area contributed by atoms with Crippen LogP contribution in [-0.4, -0.2) is 84.9 Å². The van der Waals surface area contributed by atoms with Crippen LogP contribution in [0.2, 0.25) is 0 Å². The van der Waals surface area contributed by atoms with Gasteiger partial charge in [0, 0.05) is 11.6 Å². The van der Waals surface area contributed by atoms with E-state index in [2.05, 4.69) is 20.4 Å². The van der Waals surface area contributed by atoms with Crippen molar-refractivity contribution in [2.75, 3.05) is 44.8 Å². The highest BCUT2D eigenvalue weighted by Crippen LogP contribution is 2.33. The van der Waals surface area contributed by atoms with Crippen molar-refractivity contribution in [1.29, 1.82) is 0 Å². The number of pyridine rings is 1. The first kappa shape index (κ1) is 24.6. The molecular weight excluding hydrogens is 506 g/mol. The van der Waals surface area contributed by atoms with Gasteiger partial charge >= 0.3 is 0 Å². The molecule has 190 valence electrons. The van der Waals surface area contributed by atoms with Gasteiger partial charge in [-0.25, -0.2) is 18.4 Å². The number of rotatable bonds is 9. The molecule has 0 radical (unpaired) electrons. The average molecular weight is 532 g/mol. The molecule has 2 aromatic heterocycles. The summed E-state index contributed by atoms with van der Waals surface area (Å²) in [5, 5.41) is 18.1. The van der Waals surface area contributed by atoms with E-state index in [0.29, 0.717) is 66.1 Å². The fraction of sp³-hybridized carbons (Fsp3) is 0.391. The summed E-state index contributed by atoms with van der Waals surface area (Å²) < 4.78 is 35.9. The van der Waals surface area contributed by atoms with Crippen LogP contribution in [0.3, 0.4) is 0 Å². The third kappa shape index (κ3) is 5.48. The Labute approximate surface area is 211 Å². The van der Waals surface area contributed by atoms with Gasteiger partial charge < -0.3 is 14.6 Å². The predicted molar refractivity (Wildman–Crippen MR) is 134 cm³/mol. The molecular formula is C23H25N5O6S2. The van der Waals surface area contributed by atoms with Crippen molar-refractivity contribution >= 4 is 48.3 Å². The van der Waals surface area contributed by atoms with Crippen LogP contribution in [0.25, 0.3) is 10.3 Å². The maximum atomic E-state index is 13.3. The molecule has 1 aliphatic carbocycles. The molecule has 3 aromatic rings. The summed E-state index contributed by atoms with van der Waals surface area (Å²) in [6.07, 6.45) is 1.37. The molecule has 0 spiro atoms. The smallest absolute Gasteiger partial charge is 0.278 e. The Morgan fingerprint density at radius 2 is 1.92 bits per heavy atom. The number of nitrogens with zero attached hydrogens (tertiary/aromatic N) is 4. The first-order chi connectivity index (χ1) is 17.4. The standard InChI is InChI=1S/C23H25N5O6S2/c29-11-14-34-19-8-7-18-22(25-19)35-23(24-18)26-21(30)20(27-28-9-12-33-13-10-28)15-1-3-16(4-2-15)36(31,32)17-5-6-17/h1-4,7-8,17,29H,5-6,9-14H2,(H,24,26,30). The van der Waals surface area contributed by atoms with E-state index in [-0.39, 0.29) is 29.1 Å². The molecule has 2 N–H and O–H groups in total. The van der Waals surface area contributed by atoms with Gasteiger partial charge in [0.1, 0.15) is 17.0 Å². The molecule has 13 heteroatoms. The Morgan fingerprint density at radius 1 is 1.17 bits per heavy atom. The van der Waals surface area contributed by atoms with Crippen molar-refractivity contribution in [3.63, 3.8) is 0 Å². The van der Waals surface area contributed by atoms with Crippen LogP contribution in [0.15, 0.2) is 46.4 Å². The molecule has 0 atom stereocenters. The lowest BCUT2D eigenvalue weighted by molar-refractivity contribution is -0.110. The van der Waals surface area contributed by atoms with E-state index in [9.17, 15) is 13.2 Å². The second kappa shape index (κ2) is 10.5. The number of aliphatic hydroxyl groups excluding tert-OH is 1. The molecule has 2 aliphatic rings. The van der Waals surface area contributed by atoms with Crippen LogP contribution in [-0.2, 0) is 19.4 Å². The SMILES string of the molecule is O=C(Nc1nc2ccc(OCCO)nc2s1)C(=NN1CCOCC1)c1ccc(S(=O)(=O)C2CC2)cc1. The zero-order valence-electron chi connectivity index (χ0n) is 19.3. The summed E-state index contributed by atoms with van der Waals surface area (Å²) in [6, 6.07) is 9.65. The Bertz CT molecular complexity index is 1380. The zero-order chi connectivity index (χ0) is 25.1. The number of carbonyl (C=O) groups excluding carboxylic acids is 1. The number of sulfone groups is 1. The van der Waals surface area contributed by atoms with E-state index in [0.717, 1.165) is 0 Å². The summed E-state index contributed by atoms with van der Waals surface area (Å²) in [5.74, 6) is -0.121. The third-order valence-corrected chi connectivity index (χ3v) is 8.81. The summed E-state index contributed by atoms with van der Waals surface area (Å²) in [6.45, 7) is 2.08. The van der Waals surface area contributed by atoms with E-state index < -0.39 is 15.7 Å². The van der Waals surface area contributed by atoms with Crippen LogP contribution in [0, 0.1) is 0 Å². The number of fused-ring (bicyclic) bond motifs is 1. The molecule has 0 unspecified atom stereocenters. The minimum absolute atomic E-state index is 0.123. The van der Waals surface area contributed by atoms with Crippen molar-refractivity contribution in [3.05, 3.63) is 42.0 Å². The molecule has 1 aliphatic heterocycles. The molecule has 3 heterocycles. The van der Waals surface area contributed by atoms with E-state index in [4.69, 9.17) is 14.6 Å². The van der Waals surface area contributed by atoms with Crippen molar-refractivity contribution in [2.24, 2.45) is 5.10 Å². The van der Waals surface area contributed by atoms with Crippen molar-refractivity contribution < 1.29 is 27.8 Å². The van der Waals surface area contributed by atoms with Crippen LogP contribution < -0.4 is 10.1 Å². The number of nitrogens with one attached hydrogen (secondary N) is 1. The highest BCUT2D eigenvalue weighted by Gasteiger charge is 2.36. The van der Waals surface area contributed by atoms with Crippen LogP contribution in [0.5, 0.6) is 5.88 Å². The second-order valence-corrected chi connectivity index (χ2v) is 11.5. The number of amides is 1. The summed E-state index contributed by atoms with van der Waals surface area (Å²) in [4.78, 5) is 22.9. The van der Waals surface area contributed by atoms with Gasteiger partial charge in [-0.3, -0.25) is 15.1 Å². The van der Waals surface area contributed by atoms with Crippen LogP contribution >= 0.6 is 11.3 Å². The van der Waals surface area contributed by atoms with Gasteiger partial charge in [-0.15, -0.1) is 0 Å². The fourth-order valence-electron chi connectivity index (χ4n) is 3.64. The number of aromatic nitrogens is 2. The average Bonchev–Trinajstić information content (AvgIpc) is 3.68. The molecule has 11 nitrogen and oxygen atoms in total. The largest absolute Gasteiger partial charge is 0.475 e. The molecule has 0 bridgehead atoms. The maximum Gasteiger partial charge on any atom is 0.278 e. The maximum absolute atomic E-state index is 13.3. The molecule has 1 amide bonds. The number of thiazole rings is 1. The van der Waals surface area contributed by atoms with Crippen molar-refractivity contribution in [1.82, 2.24) is 15.0 Å². The minimum Gasteiger partial charge on any atom is -0.475 e. The van der Waals surface area contributed by atoms with Gasteiger partial charge in [0.05, 0.1) is 43.1 Å². The minimum atomic E-state index is -3.34. The Hall–Kier alpha value is -3.13. The topological polar surface area (TPSA) is 143 Å².